The minimum atomic E-state index is 0.133. The van der Waals surface area contributed by atoms with Crippen molar-refractivity contribution in [1.29, 1.82) is 0 Å². The fraction of sp³-hybridized carbons (Fsp3) is 0.900. The molecule has 0 aromatic rings. The van der Waals surface area contributed by atoms with Gasteiger partial charge in [0.05, 0.1) is 0 Å². The molecule has 1 unspecified atom stereocenters. The van der Waals surface area contributed by atoms with Crippen LogP contribution in [0.3, 0.4) is 0 Å². The Morgan fingerprint density at radius 1 is 1.46 bits per heavy atom. The molecule has 1 heterocycles. The molecule has 1 saturated heterocycles. The Morgan fingerprint density at radius 3 is 2.77 bits per heavy atom. The summed E-state index contributed by atoms with van der Waals surface area (Å²) in [7, 11) is 0. The van der Waals surface area contributed by atoms with Crippen LogP contribution in [0.5, 0.6) is 0 Å². The van der Waals surface area contributed by atoms with Gasteiger partial charge in [0.25, 0.3) is 0 Å². The summed E-state index contributed by atoms with van der Waals surface area (Å²) in [6.07, 6.45) is 1.07. The van der Waals surface area contributed by atoms with E-state index < -0.39 is 0 Å². The van der Waals surface area contributed by atoms with Crippen molar-refractivity contribution >= 4 is 5.91 Å². The standard InChI is InChI=1S/C10H20N2O/c1-8(2)10(13)12-6-4-9(3)11-5-7-12/h8-9,11H,4-7H2,1-3H3. The highest BCUT2D eigenvalue weighted by Crippen LogP contribution is 2.06. The van der Waals surface area contributed by atoms with Crippen LogP contribution in [0.25, 0.3) is 0 Å². The molecule has 0 bridgehead atoms. The second kappa shape index (κ2) is 4.61. The predicted octanol–water partition coefficient (Wildman–Crippen LogP) is 0.853. The van der Waals surface area contributed by atoms with E-state index in [4.69, 9.17) is 0 Å². The number of carbonyl (C=O) groups excluding carboxylic acids is 1. The number of nitrogens with zero attached hydrogens (tertiary/aromatic N) is 1. The van der Waals surface area contributed by atoms with Gasteiger partial charge in [-0.25, -0.2) is 0 Å². The van der Waals surface area contributed by atoms with Gasteiger partial charge in [0.1, 0.15) is 0 Å². The number of rotatable bonds is 1. The molecule has 0 aromatic heterocycles. The molecule has 1 atom stereocenters. The molecule has 3 heteroatoms. The Balaban J connectivity index is 2.46. The lowest BCUT2D eigenvalue weighted by Crippen LogP contribution is -2.36. The van der Waals surface area contributed by atoms with Gasteiger partial charge >= 0.3 is 0 Å². The van der Waals surface area contributed by atoms with Crippen LogP contribution in [0.15, 0.2) is 0 Å². The van der Waals surface area contributed by atoms with Crippen molar-refractivity contribution in [1.82, 2.24) is 10.2 Å². The molecule has 76 valence electrons. The van der Waals surface area contributed by atoms with E-state index in [1.54, 1.807) is 0 Å². The molecule has 0 aliphatic carbocycles. The van der Waals surface area contributed by atoms with Gasteiger partial charge in [-0.1, -0.05) is 13.8 Å². The average molecular weight is 184 g/mol. The third-order valence-electron chi connectivity index (χ3n) is 2.51. The zero-order chi connectivity index (χ0) is 9.84. The maximum Gasteiger partial charge on any atom is 0.225 e. The zero-order valence-corrected chi connectivity index (χ0v) is 8.84. The largest absolute Gasteiger partial charge is 0.341 e. The van der Waals surface area contributed by atoms with Gasteiger partial charge in [-0.05, 0) is 13.3 Å². The van der Waals surface area contributed by atoms with Crippen molar-refractivity contribution in [2.75, 3.05) is 19.6 Å². The molecule has 0 saturated carbocycles. The second-order valence-corrected chi connectivity index (χ2v) is 4.12. The first-order chi connectivity index (χ1) is 6.11. The van der Waals surface area contributed by atoms with E-state index in [1.807, 2.05) is 18.7 Å². The van der Waals surface area contributed by atoms with Crippen molar-refractivity contribution in [3.05, 3.63) is 0 Å². The van der Waals surface area contributed by atoms with Gasteiger partial charge in [0.2, 0.25) is 5.91 Å². The molecule has 1 rings (SSSR count). The summed E-state index contributed by atoms with van der Waals surface area (Å²) in [5, 5.41) is 3.37. The Kier molecular flexibility index (Phi) is 3.72. The van der Waals surface area contributed by atoms with Crippen molar-refractivity contribution in [3.8, 4) is 0 Å². The average Bonchev–Trinajstić information content (AvgIpc) is 2.28. The van der Waals surface area contributed by atoms with E-state index in [-0.39, 0.29) is 11.8 Å². The summed E-state index contributed by atoms with van der Waals surface area (Å²) in [5.74, 6) is 0.421. The molecular formula is C10H20N2O. The van der Waals surface area contributed by atoms with Crippen LogP contribution in [0.1, 0.15) is 27.2 Å². The predicted molar refractivity (Wildman–Crippen MR) is 53.5 cm³/mol. The van der Waals surface area contributed by atoms with Crippen molar-refractivity contribution in [2.45, 2.75) is 33.2 Å². The van der Waals surface area contributed by atoms with E-state index in [1.165, 1.54) is 0 Å². The maximum atomic E-state index is 11.7. The topological polar surface area (TPSA) is 32.3 Å². The fourth-order valence-electron chi connectivity index (χ4n) is 1.59. The molecule has 0 aromatic carbocycles. The van der Waals surface area contributed by atoms with Crippen LogP contribution in [-0.4, -0.2) is 36.5 Å². The molecule has 3 nitrogen and oxygen atoms in total. The highest BCUT2D eigenvalue weighted by molar-refractivity contribution is 5.78. The van der Waals surface area contributed by atoms with Gasteiger partial charge in [0.15, 0.2) is 0 Å². The molecule has 1 fully saturated rings. The molecule has 0 radical (unpaired) electrons. The van der Waals surface area contributed by atoms with Gasteiger partial charge < -0.3 is 10.2 Å². The quantitative estimate of drug-likeness (QED) is 0.655. The third kappa shape index (κ3) is 2.99. The molecular weight excluding hydrogens is 164 g/mol. The van der Waals surface area contributed by atoms with E-state index in [9.17, 15) is 4.79 Å². The minimum Gasteiger partial charge on any atom is -0.341 e. The first kappa shape index (κ1) is 10.5. The SMILES string of the molecule is CC1CCN(C(=O)C(C)C)CCN1. The van der Waals surface area contributed by atoms with Crippen LogP contribution >= 0.6 is 0 Å². The Bertz CT molecular complexity index is 180. The fourth-order valence-corrected chi connectivity index (χ4v) is 1.59. The minimum absolute atomic E-state index is 0.133. The summed E-state index contributed by atoms with van der Waals surface area (Å²) in [6.45, 7) is 8.80. The normalized spacial score (nSPS) is 24.6. The molecule has 1 amide bonds. The van der Waals surface area contributed by atoms with Gasteiger partial charge in [-0.2, -0.15) is 0 Å². The van der Waals surface area contributed by atoms with E-state index >= 15 is 0 Å². The van der Waals surface area contributed by atoms with Crippen molar-refractivity contribution in [2.24, 2.45) is 5.92 Å². The first-order valence-electron chi connectivity index (χ1n) is 5.13. The number of amides is 1. The first-order valence-corrected chi connectivity index (χ1v) is 5.13. The number of hydrogen-bond acceptors (Lipinski definition) is 2. The second-order valence-electron chi connectivity index (χ2n) is 4.12. The van der Waals surface area contributed by atoms with Crippen LogP contribution in [0.2, 0.25) is 0 Å². The van der Waals surface area contributed by atoms with E-state index in [2.05, 4.69) is 12.2 Å². The van der Waals surface area contributed by atoms with E-state index in [0.29, 0.717) is 6.04 Å². The molecule has 0 spiro atoms. The van der Waals surface area contributed by atoms with Crippen LogP contribution < -0.4 is 5.32 Å². The monoisotopic (exact) mass is 184 g/mol. The summed E-state index contributed by atoms with van der Waals surface area (Å²) in [4.78, 5) is 13.6. The third-order valence-corrected chi connectivity index (χ3v) is 2.51. The molecule has 13 heavy (non-hydrogen) atoms. The molecule has 1 N–H and O–H groups in total. The van der Waals surface area contributed by atoms with Crippen LogP contribution in [0.4, 0.5) is 0 Å². The molecule has 1 aliphatic heterocycles. The number of hydrogen-bond donors (Lipinski definition) is 1. The van der Waals surface area contributed by atoms with Crippen LogP contribution in [-0.2, 0) is 4.79 Å². The maximum absolute atomic E-state index is 11.7. The van der Waals surface area contributed by atoms with Gasteiger partial charge in [0, 0.05) is 31.6 Å². The lowest BCUT2D eigenvalue weighted by molar-refractivity contribution is -0.134. The molecule has 1 aliphatic rings. The summed E-state index contributed by atoms with van der Waals surface area (Å²) in [6, 6.07) is 0.546. The zero-order valence-electron chi connectivity index (χ0n) is 8.84. The summed E-state index contributed by atoms with van der Waals surface area (Å²) < 4.78 is 0. The number of carbonyl (C=O) groups is 1. The smallest absolute Gasteiger partial charge is 0.225 e. The lowest BCUT2D eigenvalue weighted by atomic mass is 10.2. The highest BCUT2D eigenvalue weighted by atomic mass is 16.2. The van der Waals surface area contributed by atoms with Gasteiger partial charge in [-0.3, -0.25) is 4.79 Å². The highest BCUT2D eigenvalue weighted by Gasteiger charge is 2.19. The Hall–Kier alpha value is -0.570. The van der Waals surface area contributed by atoms with Crippen LogP contribution in [0, 0.1) is 5.92 Å². The van der Waals surface area contributed by atoms with Gasteiger partial charge in [-0.15, -0.1) is 0 Å². The lowest BCUT2D eigenvalue weighted by Gasteiger charge is -2.21. The van der Waals surface area contributed by atoms with Crippen molar-refractivity contribution in [3.63, 3.8) is 0 Å². The summed E-state index contributed by atoms with van der Waals surface area (Å²) in [5.41, 5.74) is 0. The Morgan fingerprint density at radius 2 is 2.15 bits per heavy atom. The van der Waals surface area contributed by atoms with Crippen molar-refractivity contribution < 1.29 is 4.79 Å². The van der Waals surface area contributed by atoms with E-state index in [0.717, 1.165) is 26.1 Å². The Labute approximate surface area is 80.5 Å². The summed E-state index contributed by atoms with van der Waals surface area (Å²) >= 11 is 0. The number of nitrogens with one attached hydrogen (secondary N) is 1.